The molecule has 0 amide bonds. The van der Waals surface area contributed by atoms with E-state index in [1.54, 1.807) is 6.07 Å². The molecule has 0 saturated carbocycles. The average Bonchev–Trinajstić information content (AvgIpc) is 3.64. The van der Waals surface area contributed by atoms with Gasteiger partial charge in [0.05, 0.1) is 22.6 Å². The van der Waals surface area contributed by atoms with Gasteiger partial charge in [0.25, 0.3) is 0 Å². The maximum Gasteiger partial charge on any atom is 2.00 e. The van der Waals surface area contributed by atoms with Crippen LogP contribution in [0.2, 0.25) is 0 Å². The number of halogens is 1. The van der Waals surface area contributed by atoms with Gasteiger partial charge < -0.3 is 8.98 Å². The van der Waals surface area contributed by atoms with Gasteiger partial charge in [-0.15, -0.1) is 46.5 Å². The molecule has 9 rings (SSSR count). The Morgan fingerprint density at radius 3 is 2.42 bits per heavy atom. The molecule has 0 saturated heterocycles. The van der Waals surface area contributed by atoms with Crippen LogP contribution in [0.3, 0.4) is 0 Å². The third-order valence-electron chi connectivity index (χ3n) is 9.87. The fourth-order valence-electron chi connectivity index (χ4n) is 7.49. The number of hydrogen-bond acceptors (Lipinski definition) is 3. The molecule has 3 heterocycles. The number of hydrogen-bond donors (Lipinski definition) is 0. The minimum atomic E-state index is -1.43. The van der Waals surface area contributed by atoms with Crippen LogP contribution in [-0.2, 0) is 32.9 Å². The van der Waals surface area contributed by atoms with Crippen LogP contribution in [-0.4, -0.2) is 14.5 Å². The van der Waals surface area contributed by atoms with Gasteiger partial charge >= 0.3 is 20.4 Å². The molecule has 0 spiro atoms. The second-order valence-corrected chi connectivity index (χ2v) is 13.0. The molecule has 0 bridgehead atoms. The molecule has 6 heteroatoms. The first kappa shape index (κ1) is 30.4. The van der Waals surface area contributed by atoms with Crippen LogP contribution < -0.4 is 0 Å². The maximum absolute atomic E-state index is 16.7. The van der Waals surface area contributed by atoms with Gasteiger partial charge in [-0.1, -0.05) is 55.8 Å². The summed E-state index contributed by atoms with van der Waals surface area (Å²) in [6, 6.07) is 43.1. The number of alkyl halides is 1. The van der Waals surface area contributed by atoms with Crippen molar-refractivity contribution in [1.82, 2.24) is 14.5 Å². The molecule has 48 heavy (non-hydrogen) atoms. The predicted octanol–water partition coefficient (Wildman–Crippen LogP) is 10.0. The van der Waals surface area contributed by atoms with E-state index in [2.05, 4.69) is 50.2 Å². The largest absolute Gasteiger partial charge is 2.00 e. The van der Waals surface area contributed by atoms with E-state index in [0.29, 0.717) is 11.1 Å². The summed E-state index contributed by atoms with van der Waals surface area (Å²) >= 11 is 0. The number of pyridine rings is 1. The number of fused-ring (bicyclic) bond motifs is 6. The Labute approximate surface area is 291 Å². The Hall–Kier alpha value is -4.89. The number of imidazole rings is 1. The van der Waals surface area contributed by atoms with E-state index in [1.165, 1.54) is 5.56 Å². The summed E-state index contributed by atoms with van der Waals surface area (Å²) in [5, 5.41) is 2.19. The summed E-state index contributed by atoms with van der Waals surface area (Å²) in [6.45, 7) is 4.48. The molecule has 236 valence electrons. The summed E-state index contributed by atoms with van der Waals surface area (Å²) in [4.78, 5) is 9.63. The molecule has 4 nitrogen and oxygen atoms in total. The number of aryl methyl sites for hydroxylation is 1. The van der Waals surface area contributed by atoms with Crippen LogP contribution in [0.1, 0.15) is 65.0 Å². The van der Waals surface area contributed by atoms with E-state index in [9.17, 15) is 0 Å². The molecule has 1 aliphatic carbocycles. The van der Waals surface area contributed by atoms with Crippen molar-refractivity contribution < 1.29 is 29.2 Å². The third kappa shape index (κ3) is 4.59. The van der Waals surface area contributed by atoms with Crippen molar-refractivity contribution in [1.29, 1.82) is 0 Å². The van der Waals surface area contributed by atoms with Crippen molar-refractivity contribution in [3.63, 3.8) is 0 Å². The van der Waals surface area contributed by atoms with Gasteiger partial charge in [0.2, 0.25) is 0 Å². The molecule has 0 radical (unpaired) electrons. The van der Waals surface area contributed by atoms with Gasteiger partial charge in [-0.2, -0.15) is 18.2 Å². The standard InChI is InChI=1S/C42H30FN3O.Pd/c1-42(2)32-19-18-26(40(43)25-11-10-12-27(21-25)41-45-34-14-5-6-16-36(34)46(41)3)22-30(32)39(35-15-8-9-20-44-35)31-24-38-29(23-33(31)42)28-13-4-7-17-37(28)47-38;/h4-20,23-24,39-40H,1-3H3;/q-2;+2. The van der Waals surface area contributed by atoms with Gasteiger partial charge in [0.15, 0.2) is 0 Å². The van der Waals surface area contributed by atoms with Crippen molar-refractivity contribution in [3.05, 3.63) is 167 Å². The van der Waals surface area contributed by atoms with Crippen molar-refractivity contribution in [2.45, 2.75) is 31.4 Å². The number of para-hydroxylation sites is 3. The van der Waals surface area contributed by atoms with Gasteiger partial charge in [0.1, 0.15) is 17.3 Å². The number of benzene rings is 5. The number of aromatic nitrogens is 3. The Kier molecular flexibility index (Phi) is 7.21. The minimum Gasteiger partial charge on any atom is -0.456 e. The molecule has 5 aromatic carbocycles. The van der Waals surface area contributed by atoms with Crippen LogP contribution >= 0.6 is 0 Å². The molecule has 1 aliphatic rings. The summed E-state index contributed by atoms with van der Waals surface area (Å²) in [6.07, 6.45) is 0.388. The Balaban J connectivity index is 0.00000336. The number of rotatable bonds is 4. The summed E-state index contributed by atoms with van der Waals surface area (Å²) < 4.78 is 25.0. The molecule has 2 unspecified atom stereocenters. The fraction of sp³-hybridized carbons (Fsp3) is 0.143. The van der Waals surface area contributed by atoms with E-state index in [4.69, 9.17) is 14.4 Å². The molecule has 2 atom stereocenters. The van der Waals surface area contributed by atoms with Crippen molar-refractivity contribution in [3.8, 4) is 11.4 Å². The number of furan rings is 1. The predicted molar refractivity (Wildman–Crippen MR) is 184 cm³/mol. The normalized spacial score (nSPS) is 15.6. The Morgan fingerprint density at radius 1 is 0.792 bits per heavy atom. The smallest absolute Gasteiger partial charge is 0.456 e. The van der Waals surface area contributed by atoms with E-state index < -0.39 is 6.17 Å². The summed E-state index contributed by atoms with van der Waals surface area (Å²) in [5.41, 5.74) is 10.1. The zero-order chi connectivity index (χ0) is 31.9. The molecule has 0 N–H and O–H groups in total. The first-order chi connectivity index (χ1) is 22.9. The second kappa shape index (κ2) is 11.4. The fourth-order valence-corrected chi connectivity index (χ4v) is 7.49. The zero-order valence-electron chi connectivity index (χ0n) is 26.6. The SMILES string of the molecule is Cn1c(-c2[c-]c(C(F)c3[c-]c4c(cc3)C(C)(C)c3cc5c(cc3C4c3ccccn3)oc3ccccc35)ccc2)nc2ccccc21.[Pd+2]. The van der Waals surface area contributed by atoms with Crippen LogP contribution in [0.4, 0.5) is 4.39 Å². The third-order valence-corrected chi connectivity index (χ3v) is 9.87. The molecule has 0 fully saturated rings. The number of nitrogens with zero attached hydrogens (tertiary/aromatic N) is 3. The van der Waals surface area contributed by atoms with Crippen molar-refractivity contribution in [2.24, 2.45) is 7.05 Å². The van der Waals surface area contributed by atoms with Crippen LogP contribution in [0, 0.1) is 12.1 Å². The molecule has 0 aliphatic heterocycles. The first-order valence-electron chi connectivity index (χ1n) is 15.9. The Morgan fingerprint density at radius 2 is 1.58 bits per heavy atom. The molecular weight excluding hydrogens is 688 g/mol. The van der Waals surface area contributed by atoms with Gasteiger partial charge in [0, 0.05) is 29.9 Å². The summed E-state index contributed by atoms with van der Waals surface area (Å²) in [7, 11) is 1.98. The van der Waals surface area contributed by atoms with Gasteiger partial charge in [-0.05, 0) is 59.0 Å². The van der Waals surface area contributed by atoms with E-state index in [0.717, 1.165) is 66.7 Å². The summed E-state index contributed by atoms with van der Waals surface area (Å²) in [5.74, 6) is 0.509. The molecular formula is C42H30FN3OPd. The topological polar surface area (TPSA) is 43.9 Å². The van der Waals surface area contributed by atoms with Gasteiger partial charge in [-0.3, -0.25) is 9.97 Å². The monoisotopic (exact) mass is 717 g/mol. The van der Waals surface area contributed by atoms with Crippen molar-refractivity contribution >= 4 is 33.0 Å². The van der Waals surface area contributed by atoms with Gasteiger partial charge in [-0.25, -0.2) is 4.39 Å². The van der Waals surface area contributed by atoms with Crippen molar-refractivity contribution in [2.75, 3.05) is 0 Å². The minimum absolute atomic E-state index is 0. The van der Waals surface area contributed by atoms with E-state index in [1.807, 2.05) is 96.7 Å². The average molecular weight is 718 g/mol. The molecule has 3 aromatic heterocycles. The van der Waals surface area contributed by atoms with Crippen LogP contribution in [0.5, 0.6) is 0 Å². The maximum atomic E-state index is 16.7. The molecule has 8 aromatic rings. The van der Waals surface area contributed by atoms with E-state index >= 15 is 4.39 Å². The van der Waals surface area contributed by atoms with Crippen LogP contribution in [0.25, 0.3) is 44.4 Å². The second-order valence-electron chi connectivity index (χ2n) is 13.0. The van der Waals surface area contributed by atoms with Crippen LogP contribution in [0.15, 0.2) is 120 Å². The zero-order valence-corrected chi connectivity index (χ0v) is 28.1. The first-order valence-corrected chi connectivity index (χ1v) is 15.9. The quantitative estimate of drug-likeness (QED) is 0.135. The van der Waals surface area contributed by atoms with E-state index in [-0.39, 0.29) is 31.8 Å². The Bertz CT molecular complexity index is 2500.